The van der Waals surface area contributed by atoms with Crippen LogP contribution in [0.2, 0.25) is 0 Å². The van der Waals surface area contributed by atoms with Crippen molar-refractivity contribution in [1.29, 1.82) is 0 Å². The Balaban J connectivity index is 1.55. The highest BCUT2D eigenvalue weighted by Gasteiger charge is 2.26. The van der Waals surface area contributed by atoms with Crippen LogP contribution in [0.5, 0.6) is 0 Å². The number of benzene rings is 2. The minimum atomic E-state index is -0.388. The number of carbonyl (C=O) groups is 3. The van der Waals surface area contributed by atoms with Gasteiger partial charge < -0.3 is 20.3 Å². The van der Waals surface area contributed by atoms with E-state index in [1.54, 1.807) is 12.1 Å². The maximum atomic E-state index is 12.8. The Morgan fingerprint density at radius 3 is 2.18 bits per heavy atom. The van der Waals surface area contributed by atoms with Crippen molar-refractivity contribution in [3.05, 3.63) is 70.8 Å². The number of ether oxygens (including phenoxy) is 1. The van der Waals surface area contributed by atoms with Crippen molar-refractivity contribution in [1.82, 2.24) is 15.5 Å². The van der Waals surface area contributed by atoms with E-state index in [2.05, 4.69) is 10.6 Å². The summed E-state index contributed by atoms with van der Waals surface area (Å²) >= 11 is 0. The third kappa shape index (κ3) is 7.15. The molecule has 33 heavy (non-hydrogen) atoms. The molecule has 3 rings (SSSR count). The number of hydrogen-bond donors (Lipinski definition) is 2. The first-order valence-corrected chi connectivity index (χ1v) is 11.4. The van der Waals surface area contributed by atoms with Crippen molar-refractivity contribution in [3.8, 4) is 0 Å². The monoisotopic (exact) mass is 451 g/mol. The SMILES string of the molecule is CC(=O)NC(CC(=O)NCc1ccc(C(=O)N2CC(C)OC(C)C2)cc1)c1ccc(C)cc1. The predicted molar refractivity (Wildman–Crippen MR) is 127 cm³/mol. The van der Waals surface area contributed by atoms with Crippen molar-refractivity contribution in [2.24, 2.45) is 0 Å². The van der Waals surface area contributed by atoms with Gasteiger partial charge in [-0.25, -0.2) is 0 Å². The number of hydrogen-bond acceptors (Lipinski definition) is 4. The molecule has 3 unspecified atom stereocenters. The van der Waals surface area contributed by atoms with Gasteiger partial charge >= 0.3 is 0 Å². The topological polar surface area (TPSA) is 87.7 Å². The second-order valence-corrected chi connectivity index (χ2v) is 8.81. The number of nitrogens with zero attached hydrogens (tertiary/aromatic N) is 1. The molecule has 2 aromatic carbocycles. The molecule has 7 heteroatoms. The summed E-state index contributed by atoms with van der Waals surface area (Å²) in [6, 6.07) is 14.7. The smallest absolute Gasteiger partial charge is 0.254 e. The summed E-state index contributed by atoms with van der Waals surface area (Å²) in [6.07, 6.45) is 0.189. The van der Waals surface area contributed by atoms with Crippen LogP contribution < -0.4 is 10.6 Å². The van der Waals surface area contributed by atoms with Crippen LogP contribution in [-0.4, -0.2) is 47.9 Å². The highest BCUT2D eigenvalue weighted by Crippen LogP contribution is 2.18. The zero-order valence-electron chi connectivity index (χ0n) is 19.8. The van der Waals surface area contributed by atoms with Crippen molar-refractivity contribution in [2.75, 3.05) is 13.1 Å². The van der Waals surface area contributed by atoms with Crippen LogP contribution >= 0.6 is 0 Å². The fourth-order valence-corrected chi connectivity index (χ4v) is 4.05. The fourth-order valence-electron chi connectivity index (χ4n) is 4.05. The molecule has 1 aliphatic heterocycles. The first-order valence-electron chi connectivity index (χ1n) is 11.4. The molecule has 7 nitrogen and oxygen atoms in total. The Hall–Kier alpha value is -3.19. The lowest BCUT2D eigenvalue weighted by atomic mass is 10.0. The average molecular weight is 452 g/mol. The number of morpholine rings is 1. The van der Waals surface area contributed by atoms with Gasteiger partial charge in [0.15, 0.2) is 0 Å². The number of rotatable bonds is 7. The molecule has 2 N–H and O–H groups in total. The molecule has 0 spiro atoms. The summed E-state index contributed by atoms with van der Waals surface area (Å²) in [7, 11) is 0. The van der Waals surface area contributed by atoms with E-state index in [1.807, 2.05) is 62.1 Å². The lowest BCUT2D eigenvalue weighted by molar-refractivity contribution is -0.122. The largest absolute Gasteiger partial charge is 0.372 e. The lowest BCUT2D eigenvalue weighted by Crippen LogP contribution is -2.48. The van der Waals surface area contributed by atoms with Crippen LogP contribution in [0, 0.1) is 6.92 Å². The third-order valence-electron chi connectivity index (χ3n) is 5.64. The molecule has 1 heterocycles. The van der Waals surface area contributed by atoms with Crippen molar-refractivity contribution in [2.45, 2.75) is 58.9 Å². The van der Waals surface area contributed by atoms with E-state index in [-0.39, 0.29) is 42.4 Å². The Kier molecular flexibility index (Phi) is 8.22. The second-order valence-electron chi connectivity index (χ2n) is 8.81. The van der Waals surface area contributed by atoms with E-state index in [9.17, 15) is 14.4 Å². The molecule has 3 atom stereocenters. The van der Waals surface area contributed by atoms with Gasteiger partial charge in [-0.05, 0) is 44.0 Å². The van der Waals surface area contributed by atoms with E-state index < -0.39 is 0 Å². The first kappa shape index (κ1) is 24.5. The highest BCUT2D eigenvalue weighted by molar-refractivity contribution is 5.94. The molecule has 0 aromatic heterocycles. The number of carbonyl (C=O) groups excluding carboxylic acids is 3. The lowest BCUT2D eigenvalue weighted by Gasteiger charge is -2.35. The highest BCUT2D eigenvalue weighted by atomic mass is 16.5. The number of aryl methyl sites for hydroxylation is 1. The third-order valence-corrected chi connectivity index (χ3v) is 5.64. The Morgan fingerprint density at radius 1 is 1.00 bits per heavy atom. The summed E-state index contributed by atoms with van der Waals surface area (Å²) in [5, 5.41) is 5.76. The van der Waals surface area contributed by atoms with Gasteiger partial charge in [-0.3, -0.25) is 14.4 Å². The molecule has 3 amide bonds. The quantitative estimate of drug-likeness (QED) is 0.677. The summed E-state index contributed by atoms with van der Waals surface area (Å²) in [5.41, 5.74) is 3.52. The van der Waals surface area contributed by atoms with Gasteiger partial charge in [0.1, 0.15) is 0 Å². The Morgan fingerprint density at radius 2 is 1.61 bits per heavy atom. The molecule has 1 fully saturated rings. The molecule has 0 aliphatic carbocycles. The number of nitrogens with one attached hydrogen (secondary N) is 2. The average Bonchev–Trinajstić information content (AvgIpc) is 2.76. The second kappa shape index (κ2) is 11.1. The van der Waals surface area contributed by atoms with E-state index in [4.69, 9.17) is 4.74 Å². The molecular formula is C26H33N3O4. The molecule has 0 bridgehead atoms. The van der Waals surface area contributed by atoms with Crippen LogP contribution in [-0.2, 0) is 20.9 Å². The molecular weight excluding hydrogens is 418 g/mol. The molecule has 176 valence electrons. The maximum Gasteiger partial charge on any atom is 0.254 e. The molecule has 0 saturated carbocycles. The minimum absolute atomic E-state index is 0.0103. The van der Waals surface area contributed by atoms with Crippen molar-refractivity contribution < 1.29 is 19.1 Å². The molecule has 2 aromatic rings. The zero-order chi connectivity index (χ0) is 24.0. The fraction of sp³-hybridized carbons (Fsp3) is 0.423. The maximum absolute atomic E-state index is 12.8. The van der Waals surface area contributed by atoms with Gasteiger partial charge in [-0.1, -0.05) is 42.0 Å². The van der Waals surface area contributed by atoms with Crippen molar-refractivity contribution in [3.63, 3.8) is 0 Å². The predicted octanol–water partition coefficient (Wildman–Crippen LogP) is 3.13. The molecule has 1 saturated heterocycles. The standard InChI is InChI=1S/C26H33N3O4/c1-17-5-9-22(10-6-17)24(28-20(4)30)13-25(31)27-14-21-7-11-23(12-8-21)26(32)29-15-18(2)33-19(3)16-29/h5-12,18-19,24H,13-16H2,1-4H3,(H,27,31)(H,28,30). The van der Waals surface area contributed by atoms with Gasteiger partial charge in [0.2, 0.25) is 11.8 Å². The Labute approximate surface area is 195 Å². The van der Waals surface area contributed by atoms with Gasteiger partial charge in [-0.15, -0.1) is 0 Å². The van der Waals surface area contributed by atoms with Crippen LogP contribution in [0.3, 0.4) is 0 Å². The van der Waals surface area contributed by atoms with E-state index in [0.717, 1.165) is 16.7 Å². The first-order chi connectivity index (χ1) is 15.7. The minimum Gasteiger partial charge on any atom is -0.372 e. The summed E-state index contributed by atoms with van der Waals surface area (Å²) in [6.45, 7) is 8.88. The van der Waals surface area contributed by atoms with Crippen LogP contribution in [0.4, 0.5) is 0 Å². The van der Waals surface area contributed by atoms with Crippen LogP contribution in [0.1, 0.15) is 60.3 Å². The van der Waals surface area contributed by atoms with E-state index in [0.29, 0.717) is 25.2 Å². The van der Waals surface area contributed by atoms with E-state index in [1.165, 1.54) is 6.92 Å². The Bertz CT molecular complexity index is 962. The van der Waals surface area contributed by atoms with Crippen LogP contribution in [0.25, 0.3) is 0 Å². The number of amides is 3. The summed E-state index contributed by atoms with van der Waals surface area (Å²) in [4.78, 5) is 38.8. The van der Waals surface area contributed by atoms with Gasteiger partial charge in [0.25, 0.3) is 5.91 Å². The summed E-state index contributed by atoms with van der Waals surface area (Å²) in [5.74, 6) is -0.354. The van der Waals surface area contributed by atoms with E-state index >= 15 is 0 Å². The molecule has 0 radical (unpaired) electrons. The van der Waals surface area contributed by atoms with Gasteiger partial charge in [-0.2, -0.15) is 0 Å². The van der Waals surface area contributed by atoms with Gasteiger partial charge in [0, 0.05) is 32.1 Å². The summed E-state index contributed by atoms with van der Waals surface area (Å²) < 4.78 is 5.70. The van der Waals surface area contributed by atoms with Crippen molar-refractivity contribution >= 4 is 17.7 Å². The van der Waals surface area contributed by atoms with Gasteiger partial charge in [0.05, 0.1) is 24.7 Å². The zero-order valence-corrected chi connectivity index (χ0v) is 19.8. The molecule has 1 aliphatic rings. The van der Waals surface area contributed by atoms with Crippen LogP contribution in [0.15, 0.2) is 48.5 Å². The normalized spacial score (nSPS) is 19.0.